The Balaban J connectivity index is 2.23. The summed E-state index contributed by atoms with van der Waals surface area (Å²) in [7, 11) is 0. The van der Waals surface area contributed by atoms with E-state index in [0.717, 1.165) is 19.8 Å². The summed E-state index contributed by atoms with van der Waals surface area (Å²) in [5.41, 5.74) is 7.22. The van der Waals surface area contributed by atoms with Gasteiger partial charge in [-0.25, -0.2) is 0 Å². The number of nitrogens with zero attached hydrogens (tertiary/aromatic N) is 2. The fraction of sp³-hybridized carbons (Fsp3) is 0.615. The Bertz CT molecular complexity index is 353. The third-order valence-electron chi connectivity index (χ3n) is 3.40. The normalized spacial score (nSPS) is 22.3. The Hall–Kier alpha value is -0.970. The molecule has 0 aliphatic carbocycles. The molecule has 1 aliphatic heterocycles. The summed E-state index contributed by atoms with van der Waals surface area (Å²) in [5, 5.41) is 0. The zero-order valence-corrected chi connectivity index (χ0v) is 10.6. The first-order valence-corrected chi connectivity index (χ1v) is 6.09. The number of hydrogen-bond donors (Lipinski definition) is 1. The third-order valence-corrected chi connectivity index (χ3v) is 3.40. The number of aromatic nitrogens is 1. The van der Waals surface area contributed by atoms with E-state index in [1.165, 1.54) is 5.56 Å². The fourth-order valence-electron chi connectivity index (χ4n) is 2.48. The van der Waals surface area contributed by atoms with Crippen molar-refractivity contribution in [1.29, 1.82) is 0 Å². The van der Waals surface area contributed by atoms with Crippen molar-refractivity contribution in [3.05, 3.63) is 30.1 Å². The molecule has 0 spiro atoms. The molecule has 4 heteroatoms. The number of ether oxygens (including phenoxy) is 1. The van der Waals surface area contributed by atoms with Crippen LogP contribution in [0.15, 0.2) is 24.5 Å². The van der Waals surface area contributed by atoms with Gasteiger partial charge in [0.05, 0.1) is 13.2 Å². The van der Waals surface area contributed by atoms with Gasteiger partial charge in [-0.1, -0.05) is 0 Å². The monoisotopic (exact) mass is 235 g/mol. The summed E-state index contributed by atoms with van der Waals surface area (Å²) in [5.74, 6) is 0. The van der Waals surface area contributed by atoms with Crippen LogP contribution in [0.1, 0.15) is 25.5 Å². The molecule has 1 fully saturated rings. The molecule has 17 heavy (non-hydrogen) atoms. The molecule has 1 aromatic heterocycles. The molecule has 1 atom stereocenters. The minimum Gasteiger partial charge on any atom is -0.378 e. The van der Waals surface area contributed by atoms with Crippen molar-refractivity contribution in [2.45, 2.75) is 25.4 Å². The van der Waals surface area contributed by atoms with Gasteiger partial charge in [0.25, 0.3) is 0 Å². The molecule has 4 nitrogen and oxygen atoms in total. The molecule has 94 valence electrons. The standard InChI is InChI=1S/C13H21N3O/c1-13(2)10-17-8-7-16(13)12(9-14)11-3-5-15-6-4-11/h3-6,12H,7-10,14H2,1-2H3. The lowest BCUT2D eigenvalue weighted by Crippen LogP contribution is -2.55. The second kappa shape index (κ2) is 5.12. The first-order valence-electron chi connectivity index (χ1n) is 6.09. The molecule has 0 saturated carbocycles. The van der Waals surface area contributed by atoms with Crippen LogP contribution < -0.4 is 5.73 Å². The van der Waals surface area contributed by atoms with Crippen LogP contribution in [0.2, 0.25) is 0 Å². The summed E-state index contributed by atoms with van der Waals surface area (Å²) in [4.78, 5) is 6.50. The van der Waals surface area contributed by atoms with Crippen molar-refractivity contribution in [2.24, 2.45) is 5.73 Å². The molecule has 2 rings (SSSR count). The first kappa shape index (κ1) is 12.5. The first-order chi connectivity index (χ1) is 8.15. The molecule has 1 saturated heterocycles. The second-order valence-electron chi connectivity index (χ2n) is 5.09. The van der Waals surface area contributed by atoms with E-state index in [1.807, 2.05) is 24.5 Å². The highest BCUT2D eigenvalue weighted by molar-refractivity contribution is 5.17. The van der Waals surface area contributed by atoms with Crippen molar-refractivity contribution in [3.63, 3.8) is 0 Å². The Morgan fingerprint density at radius 2 is 2.18 bits per heavy atom. The van der Waals surface area contributed by atoms with Crippen molar-refractivity contribution in [2.75, 3.05) is 26.3 Å². The molecular formula is C13H21N3O. The summed E-state index contributed by atoms with van der Waals surface area (Å²) in [6.07, 6.45) is 3.65. The predicted octanol–water partition coefficient (Wildman–Crippen LogP) is 1.19. The van der Waals surface area contributed by atoms with E-state index in [0.29, 0.717) is 6.54 Å². The van der Waals surface area contributed by atoms with Gasteiger partial charge in [0.1, 0.15) is 0 Å². The maximum absolute atomic E-state index is 5.95. The smallest absolute Gasteiger partial charge is 0.0645 e. The molecule has 0 aromatic carbocycles. The van der Waals surface area contributed by atoms with Gasteiger partial charge in [-0.05, 0) is 31.5 Å². The largest absolute Gasteiger partial charge is 0.378 e. The van der Waals surface area contributed by atoms with Gasteiger partial charge in [-0.15, -0.1) is 0 Å². The third kappa shape index (κ3) is 2.65. The Morgan fingerprint density at radius 1 is 1.47 bits per heavy atom. The van der Waals surface area contributed by atoms with Crippen LogP contribution in [-0.2, 0) is 4.74 Å². The van der Waals surface area contributed by atoms with Gasteiger partial charge in [-0.2, -0.15) is 0 Å². The lowest BCUT2D eigenvalue weighted by atomic mass is 9.96. The van der Waals surface area contributed by atoms with Crippen molar-refractivity contribution in [1.82, 2.24) is 9.88 Å². The lowest BCUT2D eigenvalue weighted by Gasteiger charge is -2.46. The van der Waals surface area contributed by atoms with Crippen LogP contribution >= 0.6 is 0 Å². The van der Waals surface area contributed by atoms with E-state index >= 15 is 0 Å². The van der Waals surface area contributed by atoms with Crippen molar-refractivity contribution >= 4 is 0 Å². The van der Waals surface area contributed by atoms with Crippen LogP contribution in [0.5, 0.6) is 0 Å². The van der Waals surface area contributed by atoms with E-state index < -0.39 is 0 Å². The van der Waals surface area contributed by atoms with Crippen LogP contribution in [0.4, 0.5) is 0 Å². The SMILES string of the molecule is CC1(C)COCCN1C(CN)c1ccncc1. The molecule has 1 aromatic rings. The van der Waals surface area contributed by atoms with Gasteiger partial charge in [0, 0.05) is 37.1 Å². The summed E-state index contributed by atoms with van der Waals surface area (Å²) in [6, 6.07) is 4.34. The molecule has 1 unspecified atom stereocenters. The highest BCUT2D eigenvalue weighted by atomic mass is 16.5. The van der Waals surface area contributed by atoms with Crippen LogP contribution in [0, 0.1) is 0 Å². The predicted molar refractivity (Wildman–Crippen MR) is 67.6 cm³/mol. The van der Waals surface area contributed by atoms with Crippen LogP contribution in [0.3, 0.4) is 0 Å². The van der Waals surface area contributed by atoms with Gasteiger partial charge >= 0.3 is 0 Å². The van der Waals surface area contributed by atoms with Crippen molar-refractivity contribution in [3.8, 4) is 0 Å². The fourth-order valence-corrected chi connectivity index (χ4v) is 2.48. The average Bonchev–Trinajstić information content (AvgIpc) is 2.33. The highest BCUT2D eigenvalue weighted by Gasteiger charge is 2.35. The van der Waals surface area contributed by atoms with E-state index in [-0.39, 0.29) is 11.6 Å². The summed E-state index contributed by atoms with van der Waals surface area (Å²) < 4.78 is 5.55. The number of pyridine rings is 1. The van der Waals surface area contributed by atoms with Gasteiger partial charge in [0.2, 0.25) is 0 Å². The highest BCUT2D eigenvalue weighted by Crippen LogP contribution is 2.29. The van der Waals surface area contributed by atoms with Crippen LogP contribution in [0.25, 0.3) is 0 Å². The number of morpholine rings is 1. The Morgan fingerprint density at radius 3 is 2.76 bits per heavy atom. The zero-order chi connectivity index (χ0) is 12.3. The number of nitrogens with two attached hydrogens (primary N) is 1. The van der Waals surface area contributed by atoms with Gasteiger partial charge < -0.3 is 10.5 Å². The molecule has 0 amide bonds. The maximum atomic E-state index is 5.95. The van der Waals surface area contributed by atoms with E-state index in [1.54, 1.807) is 0 Å². The van der Waals surface area contributed by atoms with Gasteiger partial charge in [0.15, 0.2) is 0 Å². The quantitative estimate of drug-likeness (QED) is 0.855. The van der Waals surface area contributed by atoms with Crippen molar-refractivity contribution < 1.29 is 4.74 Å². The van der Waals surface area contributed by atoms with E-state index in [4.69, 9.17) is 10.5 Å². The average molecular weight is 235 g/mol. The minimum absolute atomic E-state index is 0.0333. The lowest BCUT2D eigenvalue weighted by molar-refractivity contribution is -0.0712. The Labute approximate surface area is 103 Å². The Kier molecular flexibility index (Phi) is 3.76. The topological polar surface area (TPSA) is 51.4 Å². The molecule has 2 N–H and O–H groups in total. The van der Waals surface area contributed by atoms with E-state index in [9.17, 15) is 0 Å². The molecule has 0 bridgehead atoms. The minimum atomic E-state index is 0.0333. The zero-order valence-electron chi connectivity index (χ0n) is 10.6. The van der Waals surface area contributed by atoms with Gasteiger partial charge in [-0.3, -0.25) is 9.88 Å². The maximum Gasteiger partial charge on any atom is 0.0645 e. The summed E-state index contributed by atoms with van der Waals surface area (Å²) >= 11 is 0. The molecule has 2 heterocycles. The van der Waals surface area contributed by atoms with E-state index in [2.05, 4.69) is 23.7 Å². The molecule has 1 aliphatic rings. The number of rotatable bonds is 3. The van der Waals surface area contributed by atoms with Crippen LogP contribution in [-0.4, -0.2) is 41.7 Å². The second-order valence-corrected chi connectivity index (χ2v) is 5.09. The molecular weight excluding hydrogens is 214 g/mol. The summed E-state index contributed by atoms with van der Waals surface area (Å²) in [6.45, 7) is 7.50. The number of hydrogen-bond acceptors (Lipinski definition) is 4. The molecule has 0 radical (unpaired) electrons.